The first-order valence-electron chi connectivity index (χ1n) is 6.84. The van der Waals surface area contributed by atoms with Crippen molar-refractivity contribution in [2.75, 3.05) is 5.88 Å². The van der Waals surface area contributed by atoms with Gasteiger partial charge in [0.15, 0.2) is 5.65 Å². The topological polar surface area (TPSA) is 30.7 Å². The van der Waals surface area contributed by atoms with Gasteiger partial charge in [-0.25, -0.2) is 9.97 Å². The average Bonchev–Trinajstić information content (AvgIpc) is 3.04. The summed E-state index contributed by atoms with van der Waals surface area (Å²) >= 11 is 13.7. The molecule has 0 N–H and O–H groups in total. The largest absolute Gasteiger partial charge is 0.307 e. The van der Waals surface area contributed by atoms with Crippen LogP contribution in [-0.4, -0.2) is 20.4 Å². The van der Waals surface area contributed by atoms with E-state index in [1.165, 1.54) is 10.4 Å². The van der Waals surface area contributed by atoms with Crippen molar-refractivity contribution in [3.8, 4) is 0 Å². The molecule has 0 aliphatic carbocycles. The number of hydrogen-bond donors (Lipinski definition) is 0. The summed E-state index contributed by atoms with van der Waals surface area (Å²) in [5, 5.41) is 2.74. The fourth-order valence-electron chi connectivity index (χ4n) is 2.44. The quantitative estimate of drug-likeness (QED) is 0.639. The molecule has 0 radical (unpaired) electrons. The molecule has 3 rings (SSSR count). The average molecular weight is 340 g/mol. The molecule has 3 aromatic rings. The molecule has 0 aromatic carbocycles. The van der Waals surface area contributed by atoms with Gasteiger partial charge in [0.2, 0.25) is 0 Å². The van der Waals surface area contributed by atoms with Crippen LogP contribution < -0.4 is 0 Å². The number of aromatic nitrogens is 3. The van der Waals surface area contributed by atoms with E-state index in [9.17, 15) is 0 Å². The van der Waals surface area contributed by atoms with Gasteiger partial charge in [-0.2, -0.15) is 0 Å². The monoisotopic (exact) mass is 339 g/mol. The van der Waals surface area contributed by atoms with E-state index in [2.05, 4.69) is 32.9 Å². The number of alkyl halides is 1. The van der Waals surface area contributed by atoms with Crippen LogP contribution in [0, 0.1) is 0 Å². The lowest BCUT2D eigenvalue weighted by atomic mass is 10.2. The standard InChI is InChI=1S/C15H15Cl2N3S/c1-2-10-4-6-21-13(10)9-20-14(3-5-16)19-12-7-11(17)8-18-15(12)20/h4,6-8H,2-3,5,9H2,1H3. The van der Waals surface area contributed by atoms with Gasteiger partial charge < -0.3 is 4.57 Å². The second-order valence-electron chi connectivity index (χ2n) is 4.77. The SMILES string of the molecule is CCc1ccsc1Cn1c(CCCl)nc2cc(Cl)cnc21. The van der Waals surface area contributed by atoms with Crippen LogP contribution in [0.1, 0.15) is 23.2 Å². The molecule has 0 saturated carbocycles. The third-order valence-corrected chi connectivity index (χ3v) is 4.81. The zero-order chi connectivity index (χ0) is 14.8. The number of pyridine rings is 1. The summed E-state index contributed by atoms with van der Waals surface area (Å²) in [6, 6.07) is 4.04. The Labute approximate surface area is 137 Å². The van der Waals surface area contributed by atoms with Crippen LogP contribution in [0.2, 0.25) is 5.02 Å². The smallest absolute Gasteiger partial charge is 0.160 e. The minimum Gasteiger partial charge on any atom is -0.307 e. The van der Waals surface area contributed by atoms with Crippen molar-refractivity contribution < 1.29 is 0 Å². The van der Waals surface area contributed by atoms with Crippen LogP contribution in [0.5, 0.6) is 0 Å². The van der Waals surface area contributed by atoms with Crippen LogP contribution in [0.4, 0.5) is 0 Å². The van der Waals surface area contributed by atoms with Crippen LogP contribution in [-0.2, 0) is 19.4 Å². The third kappa shape index (κ3) is 2.93. The molecule has 21 heavy (non-hydrogen) atoms. The number of halogens is 2. The van der Waals surface area contributed by atoms with Crippen molar-refractivity contribution in [2.45, 2.75) is 26.3 Å². The lowest BCUT2D eigenvalue weighted by Gasteiger charge is -2.08. The second kappa shape index (κ2) is 6.34. The van der Waals surface area contributed by atoms with Crippen molar-refractivity contribution in [1.82, 2.24) is 14.5 Å². The van der Waals surface area contributed by atoms with E-state index in [-0.39, 0.29) is 0 Å². The summed E-state index contributed by atoms with van der Waals surface area (Å²) in [4.78, 5) is 10.4. The Bertz CT molecular complexity index is 763. The fourth-order valence-corrected chi connectivity index (χ4v) is 3.72. The number of hydrogen-bond acceptors (Lipinski definition) is 3. The van der Waals surface area contributed by atoms with E-state index in [1.54, 1.807) is 17.5 Å². The summed E-state index contributed by atoms with van der Waals surface area (Å²) in [7, 11) is 0. The highest BCUT2D eigenvalue weighted by molar-refractivity contribution is 7.10. The molecule has 3 heterocycles. The lowest BCUT2D eigenvalue weighted by molar-refractivity contribution is 0.751. The highest BCUT2D eigenvalue weighted by Gasteiger charge is 2.14. The third-order valence-electron chi connectivity index (χ3n) is 3.47. The fraction of sp³-hybridized carbons (Fsp3) is 0.333. The van der Waals surface area contributed by atoms with Gasteiger partial charge >= 0.3 is 0 Å². The maximum Gasteiger partial charge on any atom is 0.160 e. The summed E-state index contributed by atoms with van der Waals surface area (Å²) < 4.78 is 2.15. The predicted molar refractivity (Wildman–Crippen MR) is 89.8 cm³/mol. The molecule has 0 atom stereocenters. The predicted octanol–water partition coefficient (Wildman–Crippen LogP) is 4.54. The molecular weight excluding hydrogens is 325 g/mol. The van der Waals surface area contributed by atoms with Crippen molar-refractivity contribution >= 4 is 45.7 Å². The van der Waals surface area contributed by atoms with Gasteiger partial charge in [-0.05, 0) is 29.5 Å². The number of rotatable bonds is 5. The van der Waals surface area contributed by atoms with Gasteiger partial charge in [0.25, 0.3) is 0 Å². The van der Waals surface area contributed by atoms with E-state index in [4.69, 9.17) is 23.2 Å². The Morgan fingerprint density at radius 3 is 3.00 bits per heavy atom. The number of nitrogens with zero attached hydrogens (tertiary/aromatic N) is 3. The first-order chi connectivity index (χ1) is 10.2. The molecule has 0 unspecified atom stereocenters. The van der Waals surface area contributed by atoms with Crippen molar-refractivity contribution in [1.29, 1.82) is 0 Å². The zero-order valence-electron chi connectivity index (χ0n) is 11.6. The van der Waals surface area contributed by atoms with Gasteiger partial charge in [-0.3, -0.25) is 0 Å². The van der Waals surface area contributed by atoms with Gasteiger partial charge in [0.05, 0.1) is 11.6 Å². The van der Waals surface area contributed by atoms with Gasteiger partial charge in [-0.15, -0.1) is 22.9 Å². The van der Waals surface area contributed by atoms with E-state index >= 15 is 0 Å². The maximum absolute atomic E-state index is 6.01. The van der Waals surface area contributed by atoms with Crippen molar-refractivity contribution in [3.05, 3.63) is 45.0 Å². The number of imidazole rings is 1. The molecule has 6 heteroatoms. The normalized spacial score (nSPS) is 11.4. The van der Waals surface area contributed by atoms with Crippen LogP contribution in [0.25, 0.3) is 11.2 Å². The summed E-state index contributed by atoms with van der Waals surface area (Å²) in [6.07, 6.45) is 3.43. The summed E-state index contributed by atoms with van der Waals surface area (Å²) in [5.41, 5.74) is 3.08. The van der Waals surface area contributed by atoms with Crippen molar-refractivity contribution in [3.63, 3.8) is 0 Å². The van der Waals surface area contributed by atoms with E-state index < -0.39 is 0 Å². The Balaban J connectivity index is 2.08. The highest BCUT2D eigenvalue weighted by atomic mass is 35.5. The molecule has 0 aliphatic rings. The van der Waals surface area contributed by atoms with Crippen molar-refractivity contribution in [2.24, 2.45) is 0 Å². The number of fused-ring (bicyclic) bond motifs is 1. The van der Waals surface area contributed by atoms with E-state index in [1.807, 2.05) is 6.07 Å². The highest BCUT2D eigenvalue weighted by Crippen LogP contribution is 2.24. The Kier molecular flexibility index (Phi) is 4.48. The molecule has 3 nitrogen and oxygen atoms in total. The molecule has 3 aromatic heterocycles. The number of aryl methyl sites for hydroxylation is 2. The Morgan fingerprint density at radius 1 is 1.38 bits per heavy atom. The molecule has 0 bridgehead atoms. The maximum atomic E-state index is 6.01. The zero-order valence-corrected chi connectivity index (χ0v) is 14.0. The summed E-state index contributed by atoms with van der Waals surface area (Å²) in [6.45, 7) is 2.97. The van der Waals surface area contributed by atoms with Crippen LogP contribution in [0.3, 0.4) is 0 Å². The molecular formula is C15H15Cl2N3S. The number of thiophene rings is 1. The molecule has 0 spiro atoms. The second-order valence-corrected chi connectivity index (χ2v) is 6.59. The molecule has 0 fully saturated rings. The van der Waals surface area contributed by atoms with E-state index in [0.717, 1.165) is 36.4 Å². The lowest BCUT2D eigenvalue weighted by Crippen LogP contribution is -2.06. The summed E-state index contributed by atoms with van der Waals surface area (Å²) in [5.74, 6) is 1.51. The minimum atomic E-state index is 0.544. The minimum absolute atomic E-state index is 0.544. The Hall–Kier alpha value is -1.10. The van der Waals surface area contributed by atoms with Gasteiger partial charge in [0, 0.05) is 23.4 Å². The Morgan fingerprint density at radius 2 is 2.24 bits per heavy atom. The molecule has 0 amide bonds. The van der Waals surface area contributed by atoms with Crippen LogP contribution >= 0.6 is 34.5 Å². The van der Waals surface area contributed by atoms with Gasteiger partial charge in [0.1, 0.15) is 11.3 Å². The van der Waals surface area contributed by atoms with Gasteiger partial charge in [-0.1, -0.05) is 18.5 Å². The van der Waals surface area contributed by atoms with E-state index in [0.29, 0.717) is 10.9 Å². The molecule has 0 aliphatic heterocycles. The molecule has 0 saturated heterocycles. The van der Waals surface area contributed by atoms with Crippen LogP contribution in [0.15, 0.2) is 23.7 Å². The first-order valence-corrected chi connectivity index (χ1v) is 8.64. The molecule has 110 valence electrons. The first kappa shape index (κ1) is 14.8.